The number of hydrogen-bond acceptors (Lipinski definition) is 6. The van der Waals surface area contributed by atoms with Gasteiger partial charge in [0.15, 0.2) is 10.8 Å². The summed E-state index contributed by atoms with van der Waals surface area (Å²) in [5.74, 6) is 0.952. The summed E-state index contributed by atoms with van der Waals surface area (Å²) in [4.78, 5) is 39.5. The zero-order valence-corrected chi connectivity index (χ0v) is 20.1. The van der Waals surface area contributed by atoms with Gasteiger partial charge < -0.3 is 20.4 Å². The number of hydrogen-bond donors (Lipinski definition) is 2. The Morgan fingerprint density at radius 2 is 2.18 bits per heavy atom. The summed E-state index contributed by atoms with van der Waals surface area (Å²) in [6.07, 6.45) is 3.52. The lowest BCUT2D eigenvalue weighted by Gasteiger charge is -2.11. The molecule has 0 radical (unpaired) electrons. The average molecular weight is 479 g/mol. The maximum atomic E-state index is 13.1. The highest BCUT2D eigenvalue weighted by atomic mass is 32.1. The van der Waals surface area contributed by atoms with Crippen LogP contribution in [0.15, 0.2) is 51.3 Å². The molecule has 10 heteroatoms. The quantitative estimate of drug-likeness (QED) is 0.431. The largest absolute Gasteiger partial charge is 0.493 e. The van der Waals surface area contributed by atoms with Crippen LogP contribution in [0.4, 0.5) is 0 Å². The van der Waals surface area contributed by atoms with Crippen molar-refractivity contribution in [1.82, 2.24) is 14.9 Å². The molecule has 4 rings (SSSR count). The Morgan fingerprint density at radius 3 is 2.91 bits per heavy atom. The third-order valence-electron chi connectivity index (χ3n) is 5.21. The molecule has 0 atom stereocenters. The smallest absolute Gasteiger partial charge is 0.258 e. The molecule has 3 N–H and O–H groups in total. The lowest BCUT2D eigenvalue weighted by Crippen LogP contribution is -2.30. The number of carbonyl (C=O) groups excluding carboxylic acids is 1. The van der Waals surface area contributed by atoms with E-state index in [1.807, 2.05) is 32.0 Å². The van der Waals surface area contributed by atoms with Crippen LogP contribution in [0.3, 0.4) is 0 Å². The van der Waals surface area contributed by atoms with Gasteiger partial charge in [-0.1, -0.05) is 6.07 Å². The molecular formula is C24H26N6O3S. The molecule has 0 bridgehead atoms. The SMILES string of the molecule is CNC(=O)Cn1cccc(-c2ccc3c(c2)-c2nc(C(N=CN)=NC(C)C)sc2CCO3)c1=O. The van der Waals surface area contributed by atoms with Crippen LogP contribution in [0.25, 0.3) is 22.4 Å². The number of aliphatic imine (C=N–C) groups is 2. The predicted octanol–water partition coefficient (Wildman–Crippen LogP) is 2.46. The molecule has 1 aliphatic heterocycles. The van der Waals surface area contributed by atoms with Crippen molar-refractivity contribution >= 4 is 29.4 Å². The first-order valence-electron chi connectivity index (χ1n) is 10.9. The van der Waals surface area contributed by atoms with Gasteiger partial charge in [-0.2, -0.15) is 0 Å². The van der Waals surface area contributed by atoms with Crippen LogP contribution in [-0.2, 0) is 17.8 Å². The lowest BCUT2D eigenvalue weighted by atomic mass is 10.0. The van der Waals surface area contributed by atoms with Crippen molar-refractivity contribution < 1.29 is 9.53 Å². The summed E-state index contributed by atoms with van der Waals surface area (Å²) in [7, 11) is 1.54. The maximum absolute atomic E-state index is 13.1. The van der Waals surface area contributed by atoms with Crippen LogP contribution in [0, 0.1) is 0 Å². The average Bonchev–Trinajstić information content (AvgIpc) is 3.16. The Kier molecular flexibility index (Phi) is 6.87. The number of amides is 1. The number of nitrogens with two attached hydrogens (primary N) is 1. The fourth-order valence-electron chi connectivity index (χ4n) is 3.66. The highest BCUT2D eigenvalue weighted by Gasteiger charge is 2.23. The summed E-state index contributed by atoms with van der Waals surface area (Å²) >= 11 is 1.52. The van der Waals surface area contributed by atoms with Crippen LogP contribution in [0.1, 0.15) is 23.7 Å². The number of pyridine rings is 1. The minimum Gasteiger partial charge on any atom is -0.493 e. The fourth-order valence-corrected chi connectivity index (χ4v) is 4.67. The zero-order valence-electron chi connectivity index (χ0n) is 19.2. The molecule has 0 saturated heterocycles. The van der Waals surface area contributed by atoms with E-state index in [1.54, 1.807) is 25.4 Å². The number of amidine groups is 1. The van der Waals surface area contributed by atoms with E-state index in [9.17, 15) is 9.59 Å². The normalized spacial score (nSPS) is 13.4. The highest BCUT2D eigenvalue weighted by molar-refractivity contribution is 7.14. The molecule has 9 nitrogen and oxygen atoms in total. The Hall–Kier alpha value is -3.79. The van der Waals surface area contributed by atoms with E-state index in [0.29, 0.717) is 35.2 Å². The van der Waals surface area contributed by atoms with Gasteiger partial charge in [-0.3, -0.25) is 14.6 Å². The number of nitrogens with zero attached hydrogens (tertiary/aromatic N) is 4. The molecule has 3 aromatic rings. The van der Waals surface area contributed by atoms with Crippen LogP contribution in [-0.4, -0.2) is 47.3 Å². The molecule has 34 heavy (non-hydrogen) atoms. The molecule has 0 aliphatic carbocycles. The van der Waals surface area contributed by atoms with E-state index >= 15 is 0 Å². The molecule has 176 valence electrons. The van der Waals surface area contributed by atoms with Crippen LogP contribution >= 0.6 is 11.3 Å². The molecule has 0 fully saturated rings. The summed E-state index contributed by atoms with van der Waals surface area (Å²) < 4.78 is 7.36. The van der Waals surface area contributed by atoms with Crippen LogP contribution in [0.2, 0.25) is 0 Å². The number of carbonyl (C=O) groups is 1. The van der Waals surface area contributed by atoms with Crippen molar-refractivity contribution in [3.8, 4) is 28.1 Å². The van der Waals surface area contributed by atoms with Crippen LogP contribution < -0.4 is 21.3 Å². The highest BCUT2D eigenvalue weighted by Crippen LogP contribution is 2.39. The number of ether oxygens (including phenoxy) is 1. The summed E-state index contributed by atoms with van der Waals surface area (Å²) in [5.41, 5.74) is 8.10. The van der Waals surface area contributed by atoms with Crippen molar-refractivity contribution in [3.05, 3.63) is 56.8 Å². The number of aromatic nitrogens is 2. The number of rotatable bonds is 5. The van der Waals surface area contributed by atoms with E-state index in [1.165, 1.54) is 22.2 Å². The van der Waals surface area contributed by atoms with Gasteiger partial charge in [0.05, 0.1) is 18.6 Å². The molecular weight excluding hydrogens is 452 g/mol. The van der Waals surface area contributed by atoms with Crippen molar-refractivity contribution in [1.29, 1.82) is 0 Å². The second kappa shape index (κ2) is 10.0. The van der Waals surface area contributed by atoms with Crippen molar-refractivity contribution in [2.45, 2.75) is 32.9 Å². The molecule has 0 saturated carbocycles. The third kappa shape index (κ3) is 4.76. The molecule has 2 aromatic heterocycles. The van der Waals surface area contributed by atoms with E-state index in [0.717, 1.165) is 21.7 Å². The van der Waals surface area contributed by atoms with Gasteiger partial charge in [-0.05, 0) is 43.7 Å². The second-order valence-electron chi connectivity index (χ2n) is 7.95. The summed E-state index contributed by atoms with van der Waals surface area (Å²) in [6.45, 7) is 4.41. The molecule has 3 heterocycles. The molecule has 0 spiro atoms. The first kappa shape index (κ1) is 23.4. The van der Waals surface area contributed by atoms with Gasteiger partial charge in [0, 0.05) is 41.7 Å². The minimum atomic E-state index is -0.247. The summed E-state index contributed by atoms with van der Waals surface area (Å²) in [5, 5.41) is 3.23. The maximum Gasteiger partial charge on any atom is 0.258 e. The van der Waals surface area contributed by atoms with Gasteiger partial charge >= 0.3 is 0 Å². The Bertz CT molecular complexity index is 1340. The second-order valence-corrected chi connectivity index (χ2v) is 9.04. The van der Waals surface area contributed by atoms with E-state index in [2.05, 4.69) is 15.3 Å². The van der Waals surface area contributed by atoms with Crippen molar-refractivity contribution in [2.75, 3.05) is 13.7 Å². The molecule has 1 aliphatic rings. The first-order valence-corrected chi connectivity index (χ1v) is 11.7. The third-order valence-corrected chi connectivity index (χ3v) is 6.32. The van der Waals surface area contributed by atoms with Gasteiger partial charge in [0.2, 0.25) is 5.91 Å². The standard InChI is InChI=1S/C24H26N6O3S/c1-14(2)28-22(27-13-25)23-29-21-17-11-15(6-7-18(17)33-10-8-19(21)34-23)16-5-4-9-30(24(16)32)12-20(31)26-3/h4-7,9,11,13-14H,8,10,12H2,1-3H3,(H,26,31)(H2,25,27,28). The number of nitrogens with one attached hydrogen (secondary N) is 1. The van der Waals surface area contributed by atoms with Gasteiger partial charge in [-0.15, -0.1) is 11.3 Å². The van der Waals surface area contributed by atoms with E-state index < -0.39 is 0 Å². The monoisotopic (exact) mass is 478 g/mol. The number of thiazole rings is 1. The topological polar surface area (TPSA) is 124 Å². The number of likely N-dealkylation sites (N-methyl/N-ethyl adjacent to an activating group) is 1. The van der Waals surface area contributed by atoms with E-state index in [-0.39, 0.29) is 24.1 Å². The first-order chi connectivity index (χ1) is 16.4. The Morgan fingerprint density at radius 1 is 1.35 bits per heavy atom. The van der Waals surface area contributed by atoms with Crippen molar-refractivity contribution in [2.24, 2.45) is 15.7 Å². The lowest BCUT2D eigenvalue weighted by molar-refractivity contribution is -0.121. The number of benzene rings is 1. The molecule has 1 amide bonds. The summed E-state index contributed by atoms with van der Waals surface area (Å²) in [6, 6.07) is 9.17. The molecule has 1 aromatic carbocycles. The van der Waals surface area contributed by atoms with Crippen molar-refractivity contribution in [3.63, 3.8) is 0 Å². The Labute approximate surface area is 201 Å². The zero-order chi connectivity index (χ0) is 24.2. The number of fused-ring (bicyclic) bond motifs is 3. The Balaban J connectivity index is 1.81. The predicted molar refractivity (Wildman–Crippen MR) is 135 cm³/mol. The van der Waals surface area contributed by atoms with Gasteiger partial charge in [0.1, 0.15) is 12.3 Å². The fraction of sp³-hybridized carbons (Fsp3) is 0.292. The van der Waals surface area contributed by atoms with Gasteiger partial charge in [-0.25, -0.2) is 9.98 Å². The van der Waals surface area contributed by atoms with Gasteiger partial charge in [0.25, 0.3) is 5.56 Å². The van der Waals surface area contributed by atoms with Crippen LogP contribution in [0.5, 0.6) is 5.75 Å². The minimum absolute atomic E-state index is 0.0414. The van der Waals surface area contributed by atoms with E-state index in [4.69, 9.17) is 15.5 Å². The molecule has 0 unspecified atom stereocenters.